The largest absolute Gasteiger partial charge is 0.490 e. The van der Waals surface area contributed by atoms with Gasteiger partial charge in [0.05, 0.1) is 5.71 Å². The van der Waals surface area contributed by atoms with Gasteiger partial charge in [-0.15, -0.1) is 0 Å². The number of rotatable bonds is 8. The number of nitrogens with zero attached hydrogens (tertiary/aromatic N) is 1. The third-order valence-corrected chi connectivity index (χ3v) is 3.39. The molecule has 0 aromatic heterocycles. The summed E-state index contributed by atoms with van der Waals surface area (Å²) in [4.78, 5) is 5.38. The Morgan fingerprint density at radius 1 is 0.909 bits per heavy atom. The highest BCUT2D eigenvalue weighted by atomic mass is 16.6. The first-order chi connectivity index (χ1) is 10.8. The van der Waals surface area contributed by atoms with E-state index in [2.05, 4.69) is 43.3 Å². The van der Waals surface area contributed by atoms with E-state index in [1.165, 1.54) is 5.56 Å². The molecule has 3 nitrogen and oxygen atoms in total. The Kier molecular flexibility index (Phi) is 6.49. The molecule has 22 heavy (non-hydrogen) atoms. The van der Waals surface area contributed by atoms with Crippen molar-refractivity contribution in [3.63, 3.8) is 0 Å². The van der Waals surface area contributed by atoms with Gasteiger partial charge in [-0.2, -0.15) is 0 Å². The SMILES string of the molecule is CC/C(=N\OCCOc1ccccc1)c1ccc(CC)cc1. The predicted octanol–water partition coefficient (Wildman–Crippen LogP) is 4.46. The van der Waals surface area contributed by atoms with E-state index in [1.54, 1.807) is 0 Å². The van der Waals surface area contributed by atoms with Crippen LogP contribution in [-0.4, -0.2) is 18.9 Å². The lowest BCUT2D eigenvalue weighted by Crippen LogP contribution is -2.06. The summed E-state index contributed by atoms with van der Waals surface area (Å²) in [7, 11) is 0. The third kappa shape index (κ3) is 4.92. The fourth-order valence-corrected chi connectivity index (χ4v) is 2.09. The van der Waals surface area contributed by atoms with Gasteiger partial charge in [-0.05, 0) is 36.1 Å². The van der Waals surface area contributed by atoms with Crippen molar-refractivity contribution in [2.24, 2.45) is 5.16 Å². The zero-order valence-corrected chi connectivity index (χ0v) is 13.3. The average Bonchev–Trinajstić information content (AvgIpc) is 2.59. The molecule has 0 spiro atoms. The molecule has 3 heteroatoms. The van der Waals surface area contributed by atoms with Crippen molar-refractivity contribution < 1.29 is 9.57 Å². The highest BCUT2D eigenvalue weighted by Crippen LogP contribution is 2.10. The number of aryl methyl sites for hydroxylation is 1. The number of hydrogen-bond acceptors (Lipinski definition) is 3. The van der Waals surface area contributed by atoms with Crippen LogP contribution in [0.1, 0.15) is 31.4 Å². The van der Waals surface area contributed by atoms with Crippen molar-refractivity contribution in [3.8, 4) is 5.75 Å². The Bertz CT molecular complexity index is 576. The van der Waals surface area contributed by atoms with Gasteiger partial charge in [0.1, 0.15) is 12.4 Å². The Morgan fingerprint density at radius 2 is 1.64 bits per heavy atom. The fraction of sp³-hybridized carbons (Fsp3) is 0.316. The Labute approximate surface area is 132 Å². The molecule has 0 aliphatic carbocycles. The summed E-state index contributed by atoms with van der Waals surface area (Å²) in [6.07, 6.45) is 1.89. The first kappa shape index (κ1) is 16.1. The van der Waals surface area contributed by atoms with Crippen LogP contribution in [0.5, 0.6) is 5.75 Å². The van der Waals surface area contributed by atoms with Crippen molar-refractivity contribution in [3.05, 3.63) is 65.7 Å². The van der Waals surface area contributed by atoms with Crippen molar-refractivity contribution >= 4 is 5.71 Å². The summed E-state index contributed by atoms with van der Waals surface area (Å²) in [5, 5.41) is 4.24. The summed E-state index contributed by atoms with van der Waals surface area (Å²) in [5.41, 5.74) is 3.41. The second kappa shape index (κ2) is 8.88. The molecular weight excluding hydrogens is 274 g/mol. The lowest BCUT2D eigenvalue weighted by atomic mass is 10.1. The maximum atomic E-state index is 5.56. The van der Waals surface area contributed by atoms with Gasteiger partial charge in [0.25, 0.3) is 0 Å². The molecule has 0 aliphatic rings. The van der Waals surface area contributed by atoms with Crippen LogP contribution in [0.25, 0.3) is 0 Å². The molecule has 2 aromatic carbocycles. The standard InChI is InChI=1S/C19H23NO2/c1-3-16-10-12-17(13-11-16)19(4-2)20-22-15-14-21-18-8-6-5-7-9-18/h5-13H,3-4,14-15H2,1-2H3/b20-19+. The Hall–Kier alpha value is -2.29. The quantitative estimate of drug-likeness (QED) is 0.409. The molecule has 0 unspecified atom stereocenters. The minimum Gasteiger partial charge on any atom is -0.490 e. The average molecular weight is 297 g/mol. The lowest BCUT2D eigenvalue weighted by Gasteiger charge is -2.07. The molecule has 2 aromatic rings. The van der Waals surface area contributed by atoms with Crippen LogP contribution in [0.3, 0.4) is 0 Å². The zero-order chi connectivity index (χ0) is 15.6. The van der Waals surface area contributed by atoms with Gasteiger partial charge in [0.15, 0.2) is 6.61 Å². The van der Waals surface area contributed by atoms with E-state index in [0.717, 1.165) is 29.9 Å². The molecule has 0 radical (unpaired) electrons. The lowest BCUT2D eigenvalue weighted by molar-refractivity contribution is 0.107. The third-order valence-electron chi connectivity index (χ3n) is 3.39. The Morgan fingerprint density at radius 3 is 2.27 bits per heavy atom. The molecule has 116 valence electrons. The van der Waals surface area contributed by atoms with E-state index in [-0.39, 0.29) is 0 Å². The van der Waals surface area contributed by atoms with E-state index < -0.39 is 0 Å². The molecule has 0 saturated carbocycles. The molecule has 0 amide bonds. The highest BCUT2D eigenvalue weighted by Gasteiger charge is 2.02. The number of ether oxygens (including phenoxy) is 1. The maximum Gasteiger partial charge on any atom is 0.151 e. The van der Waals surface area contributed by atoms with Crippen LogP contribution in [0, 0.1) is 0 Å². The molecule has 0 atom stereocenters. The van der Waals surface area contributed by atoms with E-state index in [1.807, 2.05) is 30.3 Å². The van der Waals surface area contributed by atoms with Gasteiger partial charge in [0, 0.05) is 0 Å². The van der Waals surface area contributed by atoms with Crippen LogP contribution in [0.15, 0.2) is 59.8 Å². The topological polar surface area (TPSA) is 30.8 Å². The minimum absolute atomic E-state index is 0.436. The Balaban J connectivity index is 1.81. The normalized spacial score (nSPS) is 11.3. The van der Waals surface area contributed by atoms with Crippen LogP contribution >= 0.6 is 0 Å². The van der Waals surface area contributed by atoms with Crippen molar-refractivity contribution in [1.82, 2.24) is 0 Å². The molecule has 0 bridgehead atoms. The number of hydrogen-bond donors (Lipinski definition) is 0. The number of para-hydroxylation sites is 1. The predicted molar refractivity (Wildman–Crippen MR) is 90.5 cm³/mol. The van der Waals surface area contributed by atoms with Gasteiger partial charge >= 0.3 is 0 Å². The molecule has 2 rings (SSSR count). The van der Waals surface area contributed by atoms with Crippen LogP contribution < -0.4 is 4.74 Å². The monoisotopic (exact) mass is 297 g/mol. The maximum absolute atomic E-state index is 5.56. The summed E-state index contributed by atoms with van der Waals surface area (Å²) in [5.74, 6) is 0.848. The first-order valence-electron chi connectivity index (χ1n) is 7.79. The fourth-order valence-electron chi connectivity index (χ4n) is 2.09. The molecule has 0 heterocycles. The summed E-state index contributed by atoms with van der Waals surface area (Å²) in [6, 6.07) is 18.2. The summed E-state index contributed by atoms with van der Waals surface area (Å²) < 4.78 is 5.56. The van der Waals surface area contributed by atoms with Gasteiger partial charge < -0.3 is 9.57 Å². The van der Waals surface area contributed by atoms with Gasteiger partial charge in [0.2, 0.25) is 0 Å². The van der Waals surface area contributed by atoms with Crippen molar-refractivity contribution in [1.29, 1.82) is 0 Å². The van der Waals surface area contributed by atoms with Crippen molar-refractivity contribution in [2.45, 2.75) is 26.7 Å². The van der Waals surface area contributed by atoms with Gasteiger partial charge in [-0.1, -0.05) is 61.5 Å². The van der Waals surface area contributed by atoms with Gasteiger partial charge in [-0.3, -0.25) is 0 Å². The minimum atomic E-state index is 0.436. The molecule has 0 aliphatic heterocycles. The zero-order valence-electron chi connectivity index (χ0n) is 13.3. The molecular formula is C19H23NO2. The number of benzene rings is 2. The molecule has 0 N–H and O–H groups in total. The molecule has 0 fully saturated rings. The van der Waals surface area contributed by atoms with Crippen LogP contribution in [0.4, 0.5) is 0 Å². The number of oxime groups is 1. The first-order valence-corrected chi connectivity index (χ1v) is 7.79. The summed E-state index contributed by atoms with van der Waals surface area (Å²) >= 11 is 0. The van der Waals surface area contributed by atoms with Crippen LogP contribution in [0.2, 0.25) is 0 Å². The van der Waals surface area contributed by atoms with Gasteiger partial charge in [-0.25, -0.2) is 0 Å². The second-order valence-electron chi connectivity index (χ2n) is 4.94. The smallest absolute Gasteiger partial charge is 0.151 e. The van der Waals surface area contributed by atoms with E-state index in [4.69, 9.17) is 9.57 Å². The van der Waals surface area contributed by atoms with Crippen molar-refractivity contribution in [2.75, 3.05) is 13.2 Å². The van der Waals surface area contributed by atoms with E-state index >= 15 is 0 Å². The molecule has 0 saturated heterocycles. The highest BCUT2D eigenvalue weighted by molar-refractivity contribution is 6.00. The van der Waals surface area contributed by atoms with E-state index in [0.29, 0.717) is 13.2 Å². The van der Waals surface area contributed by atoms with E-state index in [9.17, 15) is 0 Å². The second-order valence-corrected chi connectivity index (χ2v) is 4.94. The summed E-state index contributed by atoms with van der Waals surface area (Å²) in [6.45, 7) is 5.15. The van der Waals surface area contributed by atoms with Crippen LogP contribution in [-0.2, 0) is 11.3 Å².